The number of benzene rings is 2. The second kappa shape index (κ2) is 12.2. The number of anilines is 1. The Balaban J connectivity index is 1.72. The number of hydrogen-bond acceptors (Lipinski definition) is 5. The molecule has 2 heterocycles. The minimum absolute atomic E-state index is 0.121. The van der Waals surface area contributed by atoms with Gasteiger partial charge in [-0.2, -0.15) is 5.10 Å². The summed E-state index contributed by atoms with van der Waals surface area (Å²) in [4.78, 5) is 29.3. The zero-order valence-corrected chi connectivity index (χ0v) is 21.7. The molecule has 2 N–H and O–H groups in total. The van der Waals surface area contributed by atoms with Crippen molar-refractivity contribution in [1.82, 2.24) is 14.8 Å². The normalized spacial score (nSPS) is 10.8. The van der Waals surface area contributed by atoms with E-state index >= 15 is 4.39 Å². The first-order valence-electron chi connectivity index (χ1n) is 12.7. The molecule has 0 radical (unpaired) electrons. The van der Waals surface area contributed by atoms with Crippen molar-refractivity contribution >= 4 is 11.6 Å². The van der Waals surface area contributed by atoms with Gasteiger partial charge in [-0.05, 0) is 68.8 Å². The third-order valence-electron chi connectivity index (χ3n) is 5.92. The van der Waals surface area contributed by atoms with Crippen LogP contribution < -0.4 is 20.3 Å². The molecule has 0 aliphatic rings. The molecule has 0 aliphatic carbocycles. The molecule has 0 saturated heterocycles. The van der Waals surface area contributed by atoms with E-state index in [0.717, 1.165) is 12.8 Å². The van der Waals surface area contributed by atoms with Gasteiger partial charge in [0.25, 0.3) is 11.5 Å². The van der Waals surface area contributed by atoms with Crippen LogP contribution in [0, 0.1) is 5.82 Å². The molecule has 0 bridgehead atoms. The zero-order valence-electron chi connectivity index (χ0n) is 21.7. The van der Waals surface area contributed by atoms with E-state index in [2.05, 4.69) is 15.4 Å². The van der Waals surface area contributed by atoms with E-state index in [1.807, 2.05) is 20.8 Å². The topological polar surface area (TPSA) is 98.2 Å². The first kappa shape index (κ1) is 26.7. The third kappa shape index (κ3) is 6.11. The average molecular weight is 519 g/mol. The van der Waals surface area contributed by atoms with Gasteiger partial charge in [0.2, 0.25) is 0 Å². The van der Waals surface area contributed by atoms with Crippen molar-refractivity contribution in [3.05, 3.63) is 82.5 Å². The average Bonchev–Trinajstić information content (AvgIpc) is 3.39. The highest BCUT2D eigenvalue weighted by Crippen LogP contribution is 2.29. The molecule has 198 valence electrons. The summed E-state index contributed by atoms with van der Waals surface area (Å²) in [6.07, 6.45) is 3.59. The zero-order chi connectivity index (χ0) is 27.1. The molecule has 8 nitrogen and oxygen atoms in total. The van der Waals surface area contributed by atoms with Crippen molar-refractivity contribution in [3.63, 3.8) is 0 Å². The smallest absolute Gasteiger partial charge is 0.261 e. The lowest BCUT2D eigenvalue weighted by atomic mass is 10.0. The summed E-state index contributed by atoms with van der Waals surface area (Å²) in [6.45, 7) is 7.49. The van der Waals surface area contributed by atoms with Gasteiger partial charge in [-0.1, -0.05) is 13.3 Å². The van der Waals surface area contributed by atoms with Crippen LogP contribution in [-0.4, -0.2) is 33.9 Å². The Hall–Kier alpha value is -4.40. The molecule has 1 amide bonds. The number of aromatic amines is 1. The molecule has 0 unspecified atom stereocenters. The van der Waals surface area contributed by atoms with Gasteiger partial charge in [-0.3, -0.25) is 14.3 Å². The van der Waals surface area contributed by atoms with E-state index in [9.17, 15) is 9.59 Å². The fourth-order valence-electron chi connectivity index (χ4n) is 3.95. The predicted octanol–water partition coefficient (Wildman–Crippen LogP) is 5.89. The van der Waals surface area contributed by atoms with Crippen molar-refractivity contribution in [2.24, 2.45) is 0 Å². The van der Waals surface area contributed by atoms with E-state index in [1.54, 1.807) is 59.4 Å². The fraction of sp³-hybridized carbons (Fsp3) is 0.276. The van der Waals surface area contributed by atoms with Crippen LogP contribution in [-0.2, 0) is 6.54 Å². The maximum absolute atomic E-state index is 15.1. The molecule has 38 heavy (non-hydrogen) atoms. The highest BCUT2D eigenvalue weighted by molar-refractivity contribution is 6.08. The van der Waals surface area contributed by atoms with Crippen molar-refractivity contribution in [2.45, 2.75) is 40.2 Å². The number of aromatic nitrogens is 3. The van der Waals surface area contributed by atoms with Gasteiger partial charge >= 0.3 is 0 Å². The molecule has 9 heteroatoms. The van der Waals surface area contributed by atoms with Crippen LogP contribution >= 0.6 is 0 Å². The SMILES string of the molecule is CCCCOc1ccc(-c2cc(-c3ccn(CC)n3)c(C(=O)Nc3ccc(OCC)cc3)c(=O)[nH]2)c(F)c1. The number of carbonyl (C=O) groups is 1. The summed E-state index contributed by atoms with van der Waals surface area (Å²) < 4.78 is 27.8. The molecule has 0 fully saturated rings. The first-order valence-corrected chi connectivity index (χ1v) is 12.7. The van der Waals surface area contributed by atoms with Crippen LogP contribution in [0.2, 0.25) is 0 Å². The summed E-state index contributed by atoms with van der Waals surface area (Å²) in [5.41, 5.74) is 0.846. The lowest BCUT2D eigenvalue weighted by Crippen LogP contribution is -2.25. The minimum Gasteiger partial charge on any atom is -0.494 e. The van der Waals surface area contributed by atoms with Crippen molar-refractivity contribution in [1.29, 1.82) is 0 Å². The van der Waals surface area contributed by atoms with Gasteiger partial charge in [-0.15, -0.1) is 0 Å². The maximum Gasteiger partial charge on any atom is 0.261 e. The number of aryl methyl sites for hydroxylation is 1. The van der Waals surface area contributed by atoms with Gasteiger partial charge in [0.15, 0.2) is 0 Å². The van der Waals surface area contributed by atoms with Gasteiger partial charge in [0, 0.05) is 35.6 Å². The lowest BCUT2D eigenvalue weighted by molar-refractivity contribution is 0.102. The quantitative estimate of drug-likeness (QED) is 0.241. The third-order valence-corrected chi connectivity index (χ3v) is 5.92. The van der Waals surface area contributed by atoms with Crippen LogP contribution in [0.3, 0.4) is 0 Å². The summed E-state index contributed by atoms with van der Waals surface area (Å²) >= 11 is 0. The standard InChI is InChI=1S/C29H31FN4O4/c1-4-7-16-38-21-12-13-22(24(30)17-21)26-18-23(25-14-15-34(5-2)33-25)27(29(36)32-26)28(35)31-19-8-10-20(11-9-19)37-6-3/h8-15,17-18H,4-7,16H2,1-3H3,(H,31,35)(H,32,36). The predicted molar refractivity (Wildman–Crippen MR) is 145 cm³/mol. The first-order chi connectivity index (χ1) is 18.4. The summed E-state index contributed by atoms with van der Waals surface area (Å²) in [6, 6.07) is 14.6. The Kier molecular flexibility index (Phi) is 8.58. The molecule has 0 atom stereocenters. The number of rotatable bonds is 11. The number of nitrogens with zero attached hydrogens (tertiary/aromatic N) is 2. The molecular weight excluding hydrogens is 487 g/mol. The maximum atomic E-state index is 15.1. The van der Waals surface area contributed by atoms with Crippen LogP contribution in [0.15, 0.2) is 65.6 Å². The summed E-state index contributed by atoms with van der Waals surface area (Å²) in [5, 5.41) is 7.25. The molecule has 0 aliphatic heterocycles. The van der Waals surface area contributed by atoms with Crippen LogP contribution in [0.1, 0.15) is 44.0 Å². The number of amides is 1. The fourth-order valence-corrected chi connectivity index (χ4v) is 3.95. The van der Waals surface area contributed by atoms with Gasteiger partial charge in [0.05, 0.1) is 24.6 Å². The monoisotopic (exact) mass is 518 g/mol. The number of carbonyl (C=O) groups excluding carboxylic acids is 1. The number of hydrogen-bond donors (Lipinski definition) is 2. The number of ether oxygens (including phenoxy) is 2. The lowest BCUT2D eigenvalue weighted by Gasteiger charge is -2.12. The van der Waals surface area contributed by atoms with Crippen LogP contribution in [0.25, 0.3) is 22.5 Å². The number of halogens is 1. The van der Waals surface area contributed by atoms with E-state index in [1.165, 1.54) is 6.07 Å². The largest absolute Gasteiger partial charge is 0.494 e. The Labute approximate surface area is 220 Å². The van der Waals surface area contributed by atoms with E-state index in [0.29, 0.717) is 48.2 Å². The molecule has 4 rings (SSSR count). The summed E-state index contributed by atoms with van der Waals surface area (Å²) in [5.74, 6) is -0.0768. The molecule has 0 saturated carbocycles. The van der Waals surface area contributed by atoms with Crippen molar-refractivity contribution in [3.8, 4) is 34.0 Å². The number of unbranched alkanes of at least 4 members (excludes halogenated alkanes) is 1. The van der Waals surface area contributed by atoms with E-state index in [-0.39, 0.29) is 16.8 Å². The van der Waals surface area contributed by atoms with Gasteiger partial charge < -0.3 is 19.8 Å². The molecule has 2 aromatic carbocycles. The minimum atomic E-state index is -0.658. The number of pyridine rings is 1. The van der Waals surface area contributed by atoms with Gasteiger partial charge in [0.1, 0.15) is 22.9 Å². The van der Waals surface area contributed by atoms with Gasteiger partial charge in [-0.25, -0.2) is 4.39 Å². The van der Waals surface area contributed by atoms with Crippen molar-refractivity contribution < 1.29 is 18.7 Å². The van der Waals surface area contributed by atoms with E-state index in [4.69, 9.17) is 9.47 Å². The van der Waals surface area contributed by atoms with Crippen molar-refractivity contribution in [2.75, 3.05) is 18.5 Å². The second-order valence-electron chi connectivity index (χ2n) is 8.61. The Morgan fingerprint density at radius 2 is 1.76 bits per heavy atom. The number of nitrogens with one attached hydrogen (secondary N) is 2. The van der Waals surface area contributed by atoms with Crippen LogP contribution in [0.5, 0.6) is 11.5 Å². The molecule has 0 spiro atoms. The highest BCUT2D eigenvalue weighted by Gasteiger charge is 2.22. The van der Waals surface area contributed by atoms with E-state index < -0.39 is 17.3 Å². The molecule has 4 aromatic rings. The molecule has 2 aromatic heterocycles. The second-order valence-corrected chi connectivity index (χ2v) is 8.61. The molecular formula is C29H31FN4O4. The Morgan fingerprint density at radius 3 is 2.42 bits per heavy atom. The Morgan fingerprint density at radius 1 is 1.00 bits per heavy atom. The number of H-pyrrole nitrogens is 1. The van der Waals surface area contributed by atoms with Crippen LogP contribution in [0.4, 0.5) is 10.1 Å². The summed E-state index contributed by atoms with van der Waals surface area (Å²) in [7, 11) is 0. The highest BCUT2D eigenvalue weighted by atomic mass is 19.1. The Bertz CT molecular complexity index is 1460.